The first-order valence-electron chi connectivity index (χ1n) is 9.93. The van der Waals surface area contributed by atoms with Crippen LogP contribution in [0, 0.1) is 5.92 Å². The number of guanidine groups is 1. The third kappa shape index (κ3) is 5.49. The van der Waals surface area contributed by atoms with E-state index in [-0.39, 0.29) is 0 Å². The van der Waals surface area contributed by atoms with Crippen molar-refractivity contribution in [1.82, 2.24) is 20.2 Å². The molecule has 27 heavy (non-hydrogen) atoms. The summed E-state index contributed by atoms with van der Waals surface area (Å²) in [6.45, 7) is 8.25. The van der Waals surface area contributed by atoms with Gasteiger partial charge in [0.2, 0.25) is 0 Å². The maximum absolute atomic E-state index is 4.48. The average Bonchev–Trinajstić information content (AvgIpc) is 3.12. The molecule has 0 amide bonds. The molecule has 146 valence electrons. The van der Waals surface area contributed by atoms with Crippen LogP contribution in [0.2, 0.25) is 0 Å². The summed E-state index contributed by atoms with van der Waals surface area (Å²) in [5, 5.41) is 6.99. The highest BCUT2D eigenvalue weighted by Crippen LogP contribution is 2.19. The highest BCUT2D eigenvalue weighted by molar-refractivity contribution is 5.79. The summed E-state index contributed by atoms with van der Waals surface area (Å²) in [6, 6.07) is 11.1. The van der Waals surface area contributed by atoms with Crippen LogP contribution in [0.3, 0.4) is 0 Å². The molecule has 0 atom stereocenters. The molecule has 1 saturated heterocycles. The van der Waals surface area contributed by atoms with E-state index >= 15 is 0 Å². The van der Waals surface area contributed by atoms with E-state index in [0.717, 1.165) is 44.3 Å². The smallest absolute Gasteiger partial charge is 0.191 e. The number of benzene rings is 1. The SMILES string of the molecule is CN=C(NCc1nccn1CC(C)C)NC1CCN(c2ccccc2)CC1. The molecule has 3 rings (SSSR count). The van der Waals surface area contributed by atoms with Gasteiger partial charge < -0.3 is 20.1 Å². The standard InChI is InChI=1S/C21H32N6/c1-17(2)16-27-14-11-23-20(27)15-24-21(22-3)25-18-9-12-26(13-10-18)19-7-5-4-6-8-19/h4-8,11,14,17-18H,9-10,12-13,15-16H2,1-3H3,(H2,22,24,25). The molecule has 0 aliphatic carbocycles. The number of hydrogen-bond acceptors (Lipinski definition) is 3. The fraction of sp³-hybridized carbons (Fsp3) is 0.524. The first kappa shape index (κ1) is 19.3. The number of anilines is 1. The molecule has 0 unspecified atom stereocenters. The molecule has 0 saturated carbocycles. The topological polar surface area (TPSA) is 57.5 Å². The lowest BCUT2D eigenvalue weighted by molar-refractivity contribution is 0.460. The monoisotopic (exact) mass is 368 g/mol. The summed E-state index contributed by atoms with van der Waals surface area (Å²) in [6.07, 6.45) is 6.14. The Hall–Kier alpha value is -2.50. The fourth-order valence-electron chi connectivity index (χ4n) is 3.54. The van der Waals surface area contributed by atoms with Gasteiger partial charge in [0.1, 0.15) is 5.82 Å². The normalized spacial score (nSPS) is 16.0. The van der Waals surface area contributed by atoms with Crippen molar-refractivity contribution in [3.05, 3.63) is 48.5 Å². The molecule has 2 heterocycles. The largest absolute Gasteiger partial charge is 0.371 e. The average molecular weight is 369 g/mol. The van der Waals surface area contributed by atoms with E-state index in [9.17, 15) is 0 Å². The van der Waals surface area contributed by atoms with Crippen molar-refractivity contribution < 1.29 is 0 Å². The number of nitrogens with one attached hydrogen (secondary N) is 2. The van der Waals surface area contributed by atoms with Gasteiger partial charge in [-0.3, -0.25) is 4.99 Å². The lowest BCUT2D eigenvalue weighted by Gasteiger charge is -2.34. The molecular weight excluding hydrogens is 336 g/mol. The highest BCUT2D eigenvalue weighted by atomic mass is 15.2. The van der Waals surface area contributed by atoms with Crippen molar-refractivity contribution in [1.29, 1.82) is 0 Å². The molecule has 1 aliphatic heterocycles. The summed E-state index contributed by atoms with van der Waals surface area (Å²) in [4.78, 5) is 11.3. The van der Waals surface area contributed by atoms with Gasteiger partial charge in [-0.25, -0.2) is 4.98 Å². The molecule has 1 aromatic heterocycles. The van der Waals surface area contributed by atoms with Crippen LogP contribution in [0.25, 0.3) is 0 Å². The Morgan fingerprint density at radius 2 is 1.96 bits per heavy atom. The number of hydrogen-bond donors (Lipinski definition) is 2. The number of para-hydroxylation sites is 1. The highest BCUT2D eigenvalue weighted by Gasteiger charge is 2.20. The Morgan fingerprint density at radius 3 is 2.63 bits per heavy atom. The number of imidazole rings is 1. The predicted molar refractivity (Wildman–Crippen MR) is 112 cm³/mol. The molecule has 0 radical (unpaired) electrons. The summed E-state index contributed by atoms with van der Waals surface area (Å²) in [5.74, 6) is 2.50. The van der Waals surface area contributed by atoms with Crippen LogP contribution in [0.4, 0.5) is 5.69 Å². The maximum Gasteiger partial charge on any atom is 0.191 e. The van der Waals surface area contributed by atoms with Crippen LogP contribution in [-0.4, -0.2) is 41.7 Å². The van der Waals surface area contributed by atoms with E-state index in [0.29, 0.717) is 18.5 Å². The van der Waals surface area contributed by atoms with E-state index in [2.05, 4.69) is 74.3 Å². The zero-order valence-corrected chi connectivity index (χ0v) is 16.7. The Bertz CT molecular complexity index is 713. The van der Waals surface area contributed by atoms with Crippen LogP contribution in [0.5, 0.6) is 0 Å². The van der Waals surface area contributed by atoms with Crippen LogP contribution in [0.15, 0.2) is 47.7 Å². The van der Waals surface area contributed by atoms with Gasteiger partial charge in [0.15, 0.2) is 5.96 Å². The van der Waals surface area contributed by atoms with E-state index in [1.807, 2.05) is 19.4 Å². The second-order valence-electron chi connectivity index (χ2n) is 7.56. The molecule has 2 N–H and O–H groups in total. The lowest BCUT2D eigenvalue weighted by Crippen LogP contribution is -2.48. The first-order valence-corrected chi connectivity index (χ1v) is 9.93. The second kappa shape index (κ2) is 9.44. The van der Waals surface area contributed by atoms with E-state index < -0.39 is 0 Å². The third-order valence-electron chi connectivity index (χ3n) is 4.96. The maximum atomic E-state index is 4.48. The fourth-order valence-corrected chi connectivity index (χ4v) is 3.54. The summed E-state index contributed by atoms with van der Waals surface area (Å²) < 4.78 is 2.21. The van der Waals surface area contributed by atoms with Crippen molar-refractivity contribution in [2.24, 2.45) is 10.9 Å². The van der Waals surface area contributed by atoms with Crippen molar-refractivity contribution >= 4 is 11.6 Å². The van der Waals surface area contributed by atoms with E-state index in [4.69, 9.17) is 0 Å². The minimum absolute atomic E-state index is 0.451. The summed E-state index contributed by atoms with van der Waals surface area (Å²) >= 11 is 0. The van der Waals surface area contributed by atoms with Crippen LogP contribution >= 0.6 is 0 Å². The summed E-state index contributed by atoms with van der Waals surface area (Å²) in [7, 11) is 1.83. The minimum atomic E-state index is 0.451. The zero-order valence-electron chi connectivity index (χ0n) is 16.7. The van der Waals surface area contributed by atoms with Crippen LogP contribution < -0.4 is 15.5 Å². The number of rotatable bonds is 6. The molecule has 1 fully saturated rings. The number of aromatic nitrogens is 2. The minimum Gasteiger partial charge on any atom is -0.371 e. The van der Waals surface area contributed by atoms with Gasteiger partial charge in [-0.2, -0.15) is 0 Å². The van der Waals surface area contributed by atoms with Gasteiger partial charge >= 0.3 is 0 Å². The van der Waals surface area contributed by atoms with Crippen LogP contribution in [0.1, 0.15) is 32.5 Å². The Labute approximate surface area is 162 Å². The Balaban J connectivity index is 1.47. The number of aliphatic imine (C=N–C) groups is 1. The first-order chi connectivity index (χ1) is 13.2. The molecule has 1 aromatic carbocycles. The van der Waals surface area contributed by atoms with Crippen molar-refractivity contribution in [2.75, 3.05) is 25.0 Å². The summed E-state index contributed by atoms with van der Waals surface area (Å²) in [5.41, 5.74) is 1.32. The van der Waals surface area contributed by atoms with Gasteiger partial charge in [-0.1, -0.05) is 32.0 Å². The van der Waals surface area contributed by atoms with Gasteiger partial charge in [0, 0.05) is 50.8 Å². The number of nitrogens with zero attached hydrogens (tertiary/aromatic N) is 4. The van der Waals surface area contributed by atoms with Crippen molar-refractivity contribution in [3.63, 3.8) is 0 Å². The van der Waals surface area contributed by atoms with Crippen LogP contribution in [-0.2, 0) is 13.1 Å². The second-order valence-corrected chi connectivity index (χ2v) is 7.56. The third-order valence-corrected chi connectivity index (χ3v) is 4.96. The van der Waals surface area contributed by atoms with Gasteiger partial charge in [0.05, 0.1) is 6.54 Å². The molecule has 0 bridgehead atoms. The molecule has 1 aliphatic rings. The zero-order chi connectivity index (χ0) is 19.1. The molecule has 6 heteroatoms. The van der Waals surface area contributed by atoms with Gasteiger partial charge in [0.25, 0.3) is 0 Å². The molecule has 0 spiro atoms. The van der Waals surface area contributed by atoms with E-state index in [1.54, 1.807) is 0 Å². The van der Waals surface area contributed by atoms with E-state index in [1.165, 1.54) is 5.69 Å². The van der Waals surface area contributed by atoms with Crippen molar-refractivity contribution in [3.8, 4) is 0 Å². The quantitative estimate of drug-likeness (QED) is 0.608. The van der Waals surface area contributed by atoms with Gasteiger partial charge in [-0.05, 0) is 30.9 Å². The Kier molecular flexibility index (Phi) is 6.74. The Morgan fingerprint density at radius 1 is 1.22 bits per heavy atom. The molecule has 6 nitrogen and oxygen atoms in total. The molecule has 2 aromatic rings. The van der Waals surface area contributed by atoms with Gasteiger partial charge in [-0.15, -0.1) is 0 Å². The predicted octanol–water partition coefficient (Wildman–Crippen LogP) is 2.87. The van der Waals surface area contributed by atoms with Crippen molar-refractivity contribution in [2.45, 2.75) is 45.8 Å². The molecular formula is C21H32N6. The number of piperidine rings is 1. The lowest BCUT2D eigenvalue weighted by atomic mass is 10.0.